The van der Waals surface area contributed by atoms with E-state index in [0.717, 1.165) is 31.3 Å². The number of carboxylic acid groups (broad SMARTS) is 1. The van der Waals surface area contributed by atoms with Gasteiger partial charge in [-0.15, -0.1) is 0 Å². The van der Waals surface area contributed by atoms with Crippen LogP contribution in [-0.4, -0.2) is 28.1 Å². The van der Waals surface area contributed by atoms with Crippen molar-refractivity contribution in [2.24, 2.45) is 11.3 Å². The van der Waals surface area contributed by atoms with Crippen molar-refractivity contribution in [1.29, 1.82) is 0 Å². The minimum absolute atomic E-state index is 0.0718. The van der Waals surface area contributed by atoms with Crippen LogP contribution < -0.4 is 0 Å². The number of Topliss-reactive ketones (excluding diaryl/α,β-unsaturated/α-hetero) is 1. The fourth-order valence-electron chi connectivity index (χ4n) is 3.78. The van der Waals surface area contributed by atoms with Gasteiger partial charge < -0.3 is 10.2 Å². The lowest BCUT2D eigenvalue weighted by molar-refractivity contribution is -0.140. The second-order valence-corrected chi connectivity index (χ2v) is 6.77. The molecular weight excluding hydrogens is 268 g/mol. The molecule has 0 amide bonds. The van der Waals surface area contributed by atoms with Crippen LogP contribution in [0.2, 0.25) is 0 Å². The van der Waals surface area contributed by atoms with Crippen molar-refractivity contribution in [3.05, 3.63) is 11.6 Å². The van der Waals surface area contributed by atoms with Crippen LogP contribution in [0.4, 0.5) is 0 Å². The van der Waals surface area contributed by atoms with Gasteiger partial charge in [-0.3, -0.25) is 9.59 Å². The van der Waals surface area contributed by atoms with Crippen LogP contribution in [0.25, 0.3) is 0 Å². The number of rotatable bonds is 6. The first-order valence-electron chi connectivity index (χ1n) is 8.05. The smallest absolute Gasteiger partial charge is 0.304 e. The maximum atomic E-state index is 12.3. The van der Waals surface area contributed by atoms with Crippen molar-refractivity contribution in [3.63, 3.8) is 0 Å². The standard InChI is InChI=1S/C17H26O4/c1-17(11-16(20)21)13(8-10-15(17)19)7-9-14(18)12-5-3-2-4-6-12/h8,12,15,19H,2-7,9-11H2,1H3,(H,20,21)/t15-,17+/m0/s1. The van der Waals surface area contributed by atoms with Crippen LogP contribution in [0.15, 0.2) is 11.6 Å². The predicted octanol–water partition coefficient (Wildman–Crippen LogP) is 3.09. The minimum Gasteiger partial charge on any atom is -0.481 e. The Morgan fingerprint density at radius 2 is 1.95 bits per heavy atom. The zero-order chi connectivity index (χ0) is 15.5. The average Bonchev–Trinajstić information content (AvgIpc) is 2.72. The third-order valence-electron chi connectivity index (χ3n) is 5.28. The summed E-state index contributed by atoms with van der Waals surface area (Å²) in [6, 6.07) is 0. The molecule has 0 unspecified atom stereocenters. The summed E-state index contributed by atoms with van der Waals surface area (Å²) in [5.41, 5.74) is 0.236. The van der Waals surface area contributed by atoms with E-state index in [0.29, 0.717) is 25.0 Å². The van der Waals surface area contributed by atoms with Crippen LogP contribution in [0.3, 0.4) is 0 Å². The molecule has 1 saturated carbocycles. The van der Waals surface area contributed by atoms with Gasteiger partial charge in [-0.25, -0.2) is 0 Å². The lowest BCUT2D eigenvalue weighted by atomic mass is 9.75. The largest absolute Gasteiger partial charge is 0.481 e. The van der Waals surface area contributed by atoms with E-state index < -0.39 is 17.5 Å². The van der Waals surface area contributed by atoms with Crippen molar-refractivity contribution < 1.29 is 19.8 Å². The lowest BCUT2D eigenvalue weighted by Gasteiger charge is -2.30. The van der Waals surface area contributed by atoms with Crippen molar-refractivity contribution in [3.8, 4) is 0 Å². The molecule has 21 heavy (non-hydrogen) atoms. The van der Waals surface area contributed by atoms with Crippen molar-refractivity contribution in [2.75, 3.05) is 0 Å². The normalized spacial score (nSPS) is 30.2. The summed E-state index contributed by atoms with van der Waals surface area (Å²) in [5.74, 6) is -0.381. The molecule has 0 aromatic heterocycles. The number of aliphatic carboxylic acids is 1. The molecule has 0 saturated heterocycles. The number of carbonyl (C=O) groups excluding carboxylic acids is 1. The lowest BCUT2D eigenvalue weighted by Crippen LogP contribution is -2.32. The molecule has 2 rings (SSSR count). The highest BCUT2D eigenvalue weighted by atomic mass is 16.4. The van der Waals surface area contributed by atoms with Gasteiger partial charge in [0.05, 0.1) is 12.5 Å². The molecule has 0 aromatic carbocycles. The van der Waals surface area contributed by atoms with E-state index in [1.54, 1.807) is 6.92 Å². The molecule has 0 aromatic rings. The Kier molecular flexibility index (Phi) is 5.20. The van der Waals surface area contributed by atoms with Gasteiger partial charge in [0.15, 0.2) is 0 Å². The van der Waals surface area contributed by atoms with Crippen LogP contribution in [0, 0.1) is 11.3 Å². The first kappa shape index (κ1) is 16.2. The average molecular weight is 294 g/mol. The molecule has 1 fully saturated rings. The number of hydrogen-bond donors (Lipinski definition) is 2. The molecule has 4 heteroatoms. The number of aliphatic hydroxyl groups is 1. The Hall–Kier alpha value is -1.16. The van der Waals surface area contributed by atoms with Crippen LogP contribution in [0.5, 0.6) is 0 Å². The third-order valence-corrected chi connectivity index (χ3v) is 5.28. The molecule has 0 spiro atoms. The van der Waals surface area contributed by atoms with Gasteiger partial charge in [-0.1, -0.05) is 37.8 Å². The Morgan fingerprint density at radius 1 is 1.29 bits per heavy atom. The maximum Gasteiger partial charge on any atom is 0.304 e. The van der Waals surface area contributed by atoms with E-state index in [4.69, 9.17) is 5.11 Å². The summed E-state index contributed by atoms with van der Waals surface area (Å²) in [6.45, 7) is 1.80. The van der Waals surface area contributed by atoms with E-state index in [2.05, 4.69) is 0 Å². The maximum absolute atomic E-state index is 12.3. The third kappa shape index (κ3) is 3.73. The topological polar surface area (TPSA) is 74.6 Å². The van der Waals surface area contributed by atoms with Crippen molar-refractivity contribution >= 4 is 11.8 Å². The van der Waals surface area contributed by atoms with Gasteiger partial charge >= 0.3 is 5.97 Å². The zero-order valence-electron chi connectivity index (χ0n) is 12.8. The first-order chi connectivity index (χ1) is 9.93. The Balaban J connectivity index is 1.92. The fourth-order valence-corrected chi connectivity index (χ4v) is 3.78. The second kappa shape index (κ2) is 6.73. The summed E-state index contributed by atoms with van der Waals surface area (Å²) < 4.78 is 0. The molecule has 0 bridgehead atoms. The minimum atomic E-state index is -0.900. The number of carboxylic acids is 1. The predicted molar refractivity (Wildman–Crippen MR) is 79.9 cm³/mol. The first-order valence-corrected chi connectivity index (χ1v) is 8.05. The summed E-state index contributed by atoms with van der Waals surface area (Å²) in [7, 11) is 0. The zero-order valence-corrected chi connectivity index (χ0v) is 12.8. The van der Waals surface area contributed by atoms with Gasteiger partial charge in [0, 0.05) is 17.8 Å². The highest BCUT2D eigenvalue weighted by Crippen LogP contribution is 2.44. The molecule has 118 valence electrons. The SMILES string of the molecule is C[C@@]1(CC(=O)O)C(CCC(=O)C2CCCCC2)=CC[C@@H]1O. The number of aliphatic hydroxyl groups excluding tert-OH is 1. The Bertz CT molecular complexity index is 434. The second-order valence-electron chi connectivity index (χ2n) is 6.77. The quantitative estimate of drug-likeness (QED) is 0.738. The Morgan fingerprint density at radius 3 is 2.57 bits per heavy atom. The Labute approximate surface area is 126 Å². The molecule has 0 heterocycles. The van der Waals surface area contributed by atoms with Gasteiger partial charge in [-0.05, 0) is 25.7 Å². The van der Waals surface area contributed by atoms with Crippen LogP contribution in [-0.2, 0) is 9.59 Å². The molecule has 2 atom stereocenters. The van der Waals surface area contributed by atoms with Gasteiger partial charge in [0.25, 0.3) is 0 Å². The van der Waals surface area contributed by atoms with E-state index >= 15 is 0 Å². The van der Waals surface area contributed by atoms with E-state index in [1.807, 2.05) is 6.08 Å². The van der Waals surface area contributed by atoms with Gasteiger partial charge in [0.2, 0.25) is 0 Å². The monoisotopic (exact) mass is 294 g/mol. The number of carbonyl (C=O) groups is 2. The fraction of sp³-hybridized carbons (Fsp3) is 0.765. The molecule has 0 aliphatic heterocycles. The molecule has 4 nitrogen and oxygen atoms in total. The number of ketones is 1. The highest BCUT2D eigenvalue weighted by Gasteiger charge is 2.42. The molecule has 2 N–H and O–H groups in total. The van der Waals surface area contributed by atoms with E-state index in [1.165, 1.54) is 6.42 Å². The summed E-state index contributed by atoms with van der Waals surface area (Å²) >= 11 is 0. The number of hydrogen-bond acceptors (Lipinski definition) is 3. The van der Waals surface area contributed by atoms with Crippen LogP contribution >= 0.6 is 0 Å². The van der Waals surface area contributed by atoms with Crippen molar-refractivity contribution in [2.45, 2.75) is 70.8 Å². The summed E-state index contributed by atoms with van der Waals surface area (Å²) in [4.78, 5) is 23.3. The summed E-state index contributed by atoms with van der Waals surface area (Å²) in [5, 5.41) is 19.1. The van der Waals surface area contributed by atoms with Gasteiger partial charge in [-0.2, -0.15) is 0 Å². The van der Waals surface area contributed by atoms with Crippen molar-refractivity contribution in [1.82, 2.24) is 0 Å². The molecule has 0 radical (unpaired) electrons. The van der Waals surface area contributed by atoms with E-state index in [9.17, 15) is 14.7 Å². The van der Waals surface area contributed by atoms with Gasteiger partial charge in [0.1, 0.15) is 5.78 Å². The molecule has 2 aliphatic rings. The van der Waals surface area contributed by atoms with E-state index in [-0.39, 0.29) is 12.3 Å². The molecular formula is C17H26O4. The molecule has 2 aliphatic carbocycles. The summed E-state index contributed by atoms with van der Waals surface area (Å²) in [6.07, 6.45) is 8.33. The highest BCUT2D eigenvalue weighted by molar-refractivity contribution is 5.81. The van der Waals surface area contributed by atoms with Crippen LogP contribution in [0.1, 0.15) is 64.7 Å².